The summed E-state index contributed by atoms with van der Waals surface area (Å²) in [6, 6.07) is 15.0. The van der Waals surface area contributed by atoms with Gasteiger partial charge in [-0.3, -0.25) is 4.79 Å². The van der Waals surface area contributed by atoms with E-state index in [1.54, 1.807) is 23.1 Å². The molecule has 0 N–H and O–H groups in total. The highest BCUT2D eigenvalue weighted by molar-refractivity contribution is 6.33. The highest BCUT2D eigenvalue weighted by Crippen LogP contribution is 2.23. The zero-order valence-electron chi connectivity index (χ0n) is 11.2. The molecule has 0 fully saturated rings. The summed E-state index contributed by atoms with van der Waals surface area (Å²) in [5.41, 5.74) is 1.84. The molecule has 0 heterocycles. The Balaban J connectivity index is 2.20. The number of carbonyl (C=O) groups is 1. The molecule has 2 aromatic carbocycles. The fourth-order valence-electron chi connectivity index (χ4n) is 1.99. The molecule has 0 saturated heterocycles. The minimum Gasteiger partial charge on any atom is -0.333 e. The van der Waals surface area contributed by atoms with Crippen molar-refractivity contribution in [1.29, 1.82) is 0 Å². The normalized spacial score (nSPS) is 10.4. The van der Waals surface area contributed by atoms with Crippen LogP contribution >= 0.6 is 34.8 Å². The van der Waals surface area contributed by atoms with Gasteiger partial charge < -0.3 is 4.90 Å². The van der Waals surface area contributed by atoms with Gasteiger partial charge in [-0.1, -0.05) is 53.5 Å². The molecule has 0 saturated carbocycles. The number of halogens is 3. The molecule has 0 aliphatic carbocycles. The maximum absolute atomic E-state index is 12.0. The summed E-state index contributed by atoms with van der Waals surface area (Å²) in [6.07, 6.45) is 0. The molecular weight excluding hydrogens is 329 g/mol. The number of rotatable bonds is 5. The van der Waals surface area contributed by atoms with Gasteiger partial charge in [0.05, 0.1) is 0 Å². The zero-order valence-corrected chi connectivity index (χ0v) is 13.5. The molecule has 0 radical (unpaired) electrons. The molecule has 1 amide bonds. The molecule has 5 heteroatoms. The number of hydrogen-bond acceptors (Lipinski definition) is 1. The lowest BCUT2D eigenvalue weighted by molar-refractivity contribution is -0.129. The van der Waals surface area contributed by atoms with Gasteiger partial charge in [0.25, 0.3) is 0 Å². The second-order valence-corrected chi connectivity index (χ2v) is 5.72. The fourth-order valence-corrected chi connectivity index (χ4v) is 2.53. The van der Waals surface area contributed by atoms with Crippen molar-refractivity contribution in [2.45, 2.75) is 13.1 Å². The van der Waals surface area contributed by atoms with Crippen molar-refractivity contribution in [3.63, 3.8) is 0 Å². The number of amides is 1. The van der Waals surface area contributed by atoms with Crippen LogP contribution in [0.2, 0.25) is 10.0 Å². The first-order valence-corrected chi connectivity index (χ1v) is 7.71. The minimum atomic E-state index is -0.142. The quantitative estimate of drug-likeness (QED) is 0.717. The van der Waals surface area contributed by atoms with E-state index in [-0.39, 0.29) is 11.8 Å². The lowest BCUT2D eigenvalue weighted by Gasteiger charge is -2.22. The Bertz CT molecular complexity index is 616. The van der Waals surface area contributed by atoms with Gasteiger partial charge in [0, 0.05) is 23.1 Å². The van der Waals surface area contributed by atoms with Crippen LogP contribution in [0.5, 0.6) is 0 Å². The molecule has 0 atom stereocenters. The zero-order chi connectivity index (χ0) is 15.2. The van der Waals surface area contributed by atoms with Gasteiger partial charge in [0.1, 0.15) is 5.88 Å². The third kappa shape index (κ3) is 4.63. The highest BCUT2D eigenvalue weighted by atomic mass is 35.5. The Morgan fingerprint density at radius 3 is 2.38 bits per heavy atom. The Hall–Kier alpha value is -1.22. The number of alkyl halides is 1. The van der Waals surface area contributed by atoms with E-state index in [9.17, 15) is 4.79 Å². The van der Waals surface area contributed by atoms with Gasteiger partial charge in [0.2, 0.25) is 5.91 Å². The third-order valence-corrected chi connectivity index (χ3v) is 3.88. The summed E-state index contributed by atoms with van der Waals surface area (Å²) in [7, 11) is 0. The predicted molar refractivity (Wildman–Crippen MR) is 87.9 cm³/mol. The molecule has 0 aliphatic rings. The van der Waals surface area contributed by atoms with Crippen molar-refractivity contribution < 1.29 is 4.79 Å². The van der Waals surface area contributed by atoms with Crippen molar-refractivity contribution in [3.05, 3.63) is 69.7 Å². The standard InChI is InChI=1S/C16H14Cl3NO/c17-9-16(21)20(10-12-4-2-1-3-5-12)11-13-8-14(18)6-7-15(13)19/h1-8H,9-11H2. The second kappa shape index (κ2) is 7.69. The van der Waals surface area contributed by atoms with E-state index in [2.05, 4.69) is 0 Å². The monoisotopic (exact) mass is 341 g/mol. The van der Waals surface area contributed by atoms with E-state index in [1.807, 2.05) is 30.3 Å². The SMILES string of the molecule is O=C(CCl)N(Cc1ccccc1)Cc1cc(Cl)ccc1Cl. The van der Waals surface area contributed by atoms with Crippen molar-refractivity contribution in [2.75, 3.05) is 5.88 Å². The first-order chi connectivity index (χ1) is 10.1. The average Bonchev–Trinajstić information content (AvgIpc) is 2.50. The van der Waals surface area contributed by atoms with Gasteiger partial charge in [-0.25, -0.2) is 0 Å². The molecular formula is C16H14Cl3NO. The Labute approximate surface area is 139 Å². The molecule has 110 valence electrons. The molecule has 0 aliphatic heterocycles. The van der Waals surface area contributed by atoms with Gasteiger partial charge >= 0.3 is 0 Å². The predicted octanol–water partition coefficient (Wildman–Crippen LogP) is 4.76. The number of hydrogen-bond donors (Lipinski definition) is 0. The maximum atomic E-state index is 12.0. The fraction of sp³-hybridized carbons (Fsp3) is 0.188. The van der Waals surface area contributed by atoms with Gasteiger partial charge in [-0.05, 0) is 29.3 Å². The smallest absolute Gasteiger partial charge is 0.238 e. The third-order valence-electron chi connectivity index (χ3n) is 3.05. The molecule has 2 nitrogen and oxygen atoms in total. The summed E-state index contributed by atoms with van der Waals surface area (Å²) in [5, 5.41) is 1.17. The van der Waals surface area contributed by atoms with Crippen LogP contribution in [0.15, 0.2) is 48.5 Å². The average molecular weight is 343 g/mol. The number of carbonyl (C=O) groups excluding carboxylic acids is 1. The van der Waals surface area contributed by atoms with Gasteiger partial charge in [-0.2, -0.15) is 0 Å². The summed E-state index contributed by atoms with van der Waals surface area (Å²) < 4.78 is 0. The van der Waals surface area contributed by atoms with Crippen LogP contribution in [0.3, 0.4) is 0 Å². The lowest BCUT2D eigenvalue weighted by atomic mass is 10.1. The van der Waals surface area contributed by atoms with Crippen molar-refractivity contribution >= 4 is 40.7 Å². The first-order valence-electron chi connectivity index (χ1n) is 6.41. The largest absolute Gasteiger partial charge is 0.333 e. The van der Waals surface area contributed by atoms with Crippen LogP contribution in [-0.4, -0.2) is 16.7 Å². The lowest BCUT2D eigenvalue weighted by Crippen LogP contribution is -2.31. The van der Waals surface area contributed by atoms with E-state index in [0.717, 1.165) is 11.1 Å². The molecule has 2 aromatic rings. The van der Waals surface area contributed by atoms with Crippen LogP contribution in [0.1, 0.15) is 11.1 Å². The molecule has 21 heavy (non-hydrogen) atoms. The maximum Gasteiger partial charge on any atom is 0.238 e. The Kier molecular flexibility index (Phi) is 5.92. The topological polar surface area (TPSA) is 20.3 Å². The van der Waals surface area contributed by atoms with Crippen LogP contribution in [0.25, 0.3) is 0 Å². The Morgan fingerprint density at radius 1 is 1.00 bits per heavy atom. The first kappa shape index (κ1) is 16.2. The molecule has 2 rings (SSSR count). The van der Waals surface area contributed by atoms with Gasteiger partial charge in [0.15, 0.2) is 0 Å². The van der Waals surface area contributed by atoms with E-state index in [4.69, 9.17) is 34.8 Å². The summed E-state index contributed by atoms with van der Waals surface area (Å²) in [4.78, 5) is 13.7. The van der Waals surface area contributed by atoms with Crippen LogP contribution in [0.4, 0.5) is 0 Å². The molecule has 0 bridgehead atoms. The minimum absolute atomic E-state index is 0.0645. The Morgan fingerprint density at radius 2 is 1.71 bits per heavy atom. The van der Waals surface area contributed by atoms with E-state index in [1.165, 1.54) is 0 Å². The highest BCUT2D eigenvalue weighted by Gasteiger charge is 2.15. The van der Waals surface area contributed by atoms with Crippen LogP contribution in [0, 0.1) is 0 Å². The van der Waals surface area contributed by atoms with Crippen molar-refractivity contribution in [3.8, 4) is 0 Å². The van der Waals surface area contributed by atoms with Crippen LogP contribution in [-0.2, 0) is 17.9 Å². The molecule has 0 unspecified atom stereocenters. The van der Waals surface area contributed by atoms with Crippen LogP contribution < -0.4 is 0 Å². The van der Waals surface area contributed by atoms with E-state index in [0.29, 0.717) is 23.1 Å². The summed E-state index contributed by atoms with van der Waals surface area (Å²) in [5.74, 6) is -0.207. The molecule has 0 spiro atoms. The number of benzene rings is 2. The van der Waals surface area contributed by atoms with Crippen molar-refractivity contribution in [1.82, 2.24) is 4.90 Å². The van der Waals surface area contributed by atoms with E-state index < -0.39 is 0 Å². The summed E-state index contributed by atoms with van der Waals surface area (Å²) >= 11 is 17.8. The molecule has 0 aromatic heterocycles. The van der Waals surface area contributed by atoms with E-state index >= 15 is 0 Å². The summed E-state index contributed by atoms with van der Waals surface area (Å²) in [6.45, 7) is 0.856. The van der Waals surface area contributed by atoms with Crippen molar-refractivity contribution in [2.24, 2.45) is 0 Å². The second-order valence-electron chi connectivity index (χ2n) is 4.60. The number of nitrogens with zero attached hydrogens (tertiary/aromatic N) is 1. The van der Waals surface area contributed by atoms with Gasteiger partial charge in [-0.15, -0.1) is 11.6 Å².